The van der Waals surface area contributed by atoms with Crippen molar-refractivity contribution in [2.24, 2.45) is 0 Å². The number of hydrogen-bond donors (Lipinski definition) is 2. The van der Waals surface area contributed by atoms with Gasteiger partial charge in [0, 0.05) is 13.1 Å². The van der Waals surface area contributed by atoms with Crippen LogP contribution in [0.25, 0.3) is 0 Å². The van der Waals surface area contributed by atoms with Crippen LogP contribution in [0.4, 0.5) is 0 Å². The van der Waals surface area contributed by atoms with Crippen molar-refractivity contribution in [1.82, 2.24) is 4.31 Å². The number of hydrogen-bond acceptors (Lipinski definition) is 4. The van der Waals surface area contributed by atoms with E-state index in [2.05, 4.69) is 0 Å². The fourth-order valence-corrected chi connectivity index (χ4v) is 3.45. The Morgan fingerprint density at radius 1 is 1.17 bits per heavy atom. The summed E-state index contributed by atoms with van der Waals surface area (Å²) in [4.78, 5) is 0.195. The lowest BCUT2D eigenvalue weighted by Gasteiger charge is -2.15. The number of aliphatic hydroxyl groups excluding tert-OH is 2. The van der Waals surface area contributed by atoms with Crippen LogP contribution < -0.4 is 0 Å². The summed E-state index contributed by atoms with van der Waals surface area (Å²) in [6.45, 7) is 1.88. The van der Waals surface area contributed by atoms with E-state index in [0.717, 1.165) is 16.3 Å². The van der Waals surface area contributed by atoms with Gasteiger partial charge in [0.1, 0.15) is 0 Å². The van der Waals surface area contributed by atoms with Crippen LogP contribution >= 0.6 is 0 Å². The summed E-state index contributed by atoms with van der Waals surface area (Å²) < 4.78 is 25.6. The van der Waals surface area contributed by atoms with Crippen molar-refractivity contribution in [1.29, 1.82) is 0 Å². The summed E-state index contributed by atoms with van der Waals surface area (Å²) in [5, 5.41) is 18.8. The summed E-state index contributed by atoms with van der Waals surface area (Å²) in [5.41, 5.74) is 1.07. The summed E-state index contributed by atoms with van der Waals surface area (Å²) in [7, 11) is -3.62. The smallest absolute Gasteiger partial charge is 0.243 e. The maximum Gasteiger partial charge on any atom is 0.243 e. The minimum atomic E-state index is -3.62. The third-order valence-electron chi connectivity index (χ3n) is 3.19. The van der Waals surface area contributed by atoms with E-state index >= 15 is 0 Å². The average Bonchev–Trinajstić information content (AvgIpc) is 2.70. The van der Waals surface area contributed by atoms with Gasteiger partial charge in [-0.25, -0.2) is 8.42 Å². The Hall–Kier alpha value is -0.950. The fourth-order valence-electron chi connectivity index (χ4n) is 1.98. The number of rotatable bonds is 3. The second-order valence-electron chi connectivity index (χ2n) is 4.45. The standard InChI is InChI=1S/C12H17NO4S/c1-2-9-3-5-10(6-4-9)18(16,17)13-7-11(14)12(15)8-13/h3-6,11-12,14-15H,2,7-8H2,1H3. The molecule has 2 unspecified atom stereocenters. The number of aryl methyl sites for hydroxylation is 1. The van der Waals surface area contributed by atoms with Crippen LogP contribution in [0.2, 0.25) is 0 Å². The zero-order valence-corrected chi connectivity index (χ0v) is 11.0. The molecule has 0 aliphatic carbocycles. The normalized spacial score (nSPS) is 25.5. The van der Waals surface area contributed by atoms with Crippen molar-refractivity contribution in [2.45, 2.75) is 30.4 Å². The lowest BCUT2D eigenvalue weighted by Crippen LogP contribution is -2.29. The Labute approximate surface area is 107 Å². The van der Waals surface area contributed by atoms with Crippen LogP contribution in [0.15, 0.2) is 29.2 Å². The molecule has 5 nitrogen and oxygen atoms in total. The molecule has 1 aromatic rings. The Morgan fingerprint density at radius 3 is 2.11 bits per heavy atom. The van der Waals surface area contributed by atoms with Crippen LogP contribution in [0, 0.1) is 0 Å². The van der Waals surface area contributed by atoms with Crippen molar-refractivity contribution in [2.75, 3.05) is 13.1 Å². The van der Waals surface area contributed by atoms with Gasteiger partial charge in [-0.1, -0.05) is 19.1 Å². The topological polar surface area (TPSA) is 77.8 Å². The van der Waals surface area contributed by atoms with Crippen LogP contribution in [-0.2, 0) is 16.4 Å². The van der Waals surface area contributed by atoms with Gasteiger partial charge >= 0.3 is 0 Å². The molecule has 0 aromatic heterocycles. The highest BCUT2D eigenvalue weighted by Crippen LogP contribution is 2.21. The quantitative estimate of drug-likeness (QED) is 0.809. The minimum Gasteiger partial charge on any atom is -0.389 e. The van der Waals surface area contributed by atoms with E-state index in [1.54, 1.807) is 24.3 Å². The first kappa shape index (κ1) is 13.5. The maximum absolute atomic E-state index is 12.2. The van der Waals surface area contributed by atoms with E-state index in [-0.39, 0.29) is 18.0 Å². The molecule has 1 heterocycles. The highest BCUT2D eigenvalue weighted by atomic mass is 32.2. The van der Waals surface area contributed by atoms with Gasteiger partial charge in [0.25, 0.3) is 0 Å². The predicted molar refractivity (Wildman–Crippen MR) is 66.6 cm³/mol. The molecule has 0 amide bonds. The predicted octanol–water partition coefficient (Wildman–Crippen LogP) is -0.0249. The van der Waals surface area contributed by atoms with Gasteiger partial charge < -0.3 is 10.2 Å². The molecule has 2 rings (SSSR count). The largest absolute Gasteiger partial charge is 0.389 e. The molecule has 1 aliphatic heterocycles. The molecule has 2 N–H and O–H groups in total. The summed E-state index contributed by atoms with van der Waals surface area (Å²) in [6.07, 6.45) is -1.16. The first-order valence-electron chi connectivity index (χ1n) is 5.90. The van der Waals surface area contributed by atoms with Gasteiger partial charge in [0.2, 0.25) is 10.0 Å². The second-order valence-corrected chi connectivity index (χ2v) is 6.39. The molecule has 18 heavy (non-hydrogen) atoms. The molecule has 1 saturated heterocycles. The van der Waals surface area contributed by atoms with Gasteiger partial charge in [0.05, 0.1) is 17.1 Å². The Balaban J connectivity index is 2.25. The molecular weight excluding hydrogens is 254 g/mol. The van der Waals surface area contributed by atoms with E-state index in [9.17, 15) is 18.6 Å². The molecule has 0 radical (unpaired) electrons. The van der Waals surface area contributed by atoms with Crippen molar-refractivity contribution >= 4 is 10.0 Å². The molecule has 1 aliphatic rings. The lowest BCUT2D eigenvalue weighted by molar-refractivity contribution is 0.0572. The van der Waals surface area contributed by atoms with E-state index < -0.39 is 22.2 Å². The zero-order chi connectivity index (χ0) is 13.3. The van der Waals surface area contributed by atoms with Crippen LogP contribution in [0.3, 0.4) is 0 Å². The van der Waals surface area contributed by atoms with Crippen LogP contribution in [0.5, 0.6) is 0 Å². The van der Waals surface area contributed by atoms with Gasteiger partial charge in [-0.05, 0) is 24.1 Å². The van der Waals surface area contributed by atoms with E-state index in [0.29, 0.717) is 0 Å². The number of benzene rings is 1. The maximum atomic E-state index is 12.2. The molecule has 1 fully saturated rings. The second kappa shape index (κ2) is 4.97. The van der Waals surface area contributed by atoms with Gasteiger partial charge in [0.15, 0.2) is 0 Å². The Morgan fingerprint density at radius 2 is 1.67 bits per heavy atom. The van der Waals surface area contributed by atoms with Crippen molar-refractivity contribution in [3.05, 3.63) is 29.8 Å². The van der Waals surface area contributed by atoms with Crippen molar-refractivity contribution in [3.8, 4) is 0 Å². The minimum absolute atomic E-state index is 0.0565. The molecule has 2 atom stereocenters. The van der Waals surface area contributed by atoms with Crippen molar-refractivity contribution in [3.63, 3.8) is 0 Å². The third kappa shape index (κ3) is 2.42. The number of nitrogens with zero attached hydrogens (tertiary/aromatic N) is 1. The number of β-amino-alcohol motifs (C(OH)–C–C–N with tert-alkyl or cyclic N) is 2. The third-order valence-corrected chi connectivity index (χ3v) is 5.04. The van der Waals surface area contributed by atoms with E-state index in [4.69, 9.17) is 0 Å². The number of aliphatic hydroxyl groups is 2. The molecule has 0 saturated carbocycles. The lowest BCUT2D eigenvalue weighted by atomic mass is 10.2. The van der Waals surface area contributed by atoms with Gasteiger partial charge in [-0.15, -0.1) is 0 Å². The first-order chi connectivity index (χ1) is 8.45. The van der Waals surface area contributed by atoms with Gasteiger partial charge in [-0.2, -0.15) is 4.31 Å². The highest BCUT2D eigenvalue weighted by molar-refractivity contribution is 7.89. The van der Waals surface area contributed by atoms with E-state index in [1.807, 2.05) is 6.92 Å². The van der Waals surface area contributed by atoms with Crippen LogP contribution in [-0.4, -0.2) is 48.2 Å². The zero-order valence-electron chi connectivity index (χ0n) is 10.2. The summed E-state index contributed by atoms with van der Waals surface area (Å²) >= 11 is 0. The molecule has 0 spiro atoms. The molecule has 1 aromatic carbocycles. The highest BCUT2D eigenvalue weighted by Gasteiger charge is 2.37. The SMILES string of the molecule is CCc1ccc(S(=O)(=O)N2CC(O)C(O)C2)cc1. The van der Waals surface area contributed by atoms with Crippen molar-refractivity contribution < 1.29 is 18.6 Å². The molecule has 100 valence electrons. The van der Waals surface area contributed by atoms with Gasteiger partial charge in [-0.3, -0.25) is 0 Å². The molecule has 0 bridgehead atoms. The average molecular weight is 271 g/mol. The van der Waals surface area contributed by atoms with E-state index in [1.165, 1.54) is 0 Å². The molecule has 6 heteroatoms. The monoisotopic (exact) mass is 271 g/mol. The molecular formula is C12H17NO4S. The first-order valence-corrected chi connectivity index (χ1v) is 7.34. The number of sulfonamides is 1. The van der Waals surface area contributed by atoms with Crippen LogP contribution in [0.1, 0.15) is 12.5 Å². The summed E-state index contributed by atoms with van der Waals surface area (Å²) in [6, 6.07) is 6.67. The summed E-state index contributed by atoms with van der Waals surface area (Å²) in [5.74, 6) is 0. The fraction of sp³-hybridized carbons (Fsp3) is 0.500. The Kier molecular flexibility index (Phi) is 3.72. The Bertz CT molecular complexity index is 501.